The van der Waals surface area contributed by atoms with E-state index in [0.29, 0.717) is 37.4 Å². The van der Waals surface area contributed by atoms with Gasteiger partial charge in [-0.1, -0.05) is 24.3 Å². The number of carboxylic acid groups (broad SMARTS) is 1. The number of nitrogens with zero attached hydrogens (tertiary/aromatic N) is 4. The molecule has 0 bridgehead atoms. The van der Waals surface area contributed by atoms with Gasteiger partial charge in [-0.2, -0.15) is 5.10 Å². The average Bonchev–Trinajstić information content (AvgIpc) is 3.28. The fourth-order valence-electron chi connectivity index (χ4n) is 4.02. The van der Waals surface area contributed by atoms with Crippen LogP contribution in [0.3, 0.4) is 0 Å². The van der Waals surface area contributed by atoms with Gasteiger partial charge in [0.15, 0.2) is 6.04 Å². The maximum absolute atomic E-state index is 13.3. The summed E-state index contributed by atoms with van der Waals surface area (Å²) in [5.41, 5.74) is 3.19. The number of anilines is 1. The number of carboxylic acids is 1. The number of para-hydroxylation sites is 1. The maximum atomic E-state index is 13.3. The van der Waals surface area contributed by atoms with Gasteiger partial charge < -0.3 is 25.3 Å². The third kappa shape index (κ3) is 5.33. The van der Waals surface area contributed by atoms with Gasteiger partial charge >= 0.3 is 5.97 Å². The topological polar surface area (TPSA) is 128 Å². The van der Waals surface area contributed by atoms with Crippen LogP contribution in [-0.4, -0.2) is 81.5 Å². The Hall–Kier alpha value is -4.18. The molecule has 1 atom stereocenters. The minimum Gasteiger partial charge on any atom is -0.480 e. The minimum atomic E-state index is -1.37. The highest BCUT2D eigenvalue weighted by Crippen LogP contribution is 2.20. The lowest BCUT2D eigenvalue weighted by Crippen LogP contribution is -2.49. The molecule has 0 spiro atoms. The van der Waals surface area contributed by atoms with Crippen molar-refractivity contribution in [3.8, 4) is 5.69 Å². The Labute approximate surface area is 202 Å². The van der Waals surface area contributed by atoms with Gasteiger partial charge in [0.1, 0.15) is 5.69 Å². The predicted molar refractivity (Wildman–Crippen MR) is 129 cm³/mol. The summed E-state index contributed by atoms with van der Waals surface area (Å²) in [5, 5.41) is 25.0. The molecule has 1 aromatic heterocycles. The van der Waals surface area contributed by atoms with Crippen LogP contribution in [0, 0.1) is 6.92 Å². The molecule has 1 saturated heterocycles. The van der Waals surface area contributed by atoms with E-state index in [-0.39, 0.29) is 5.91 Å². The normalized spacial score (nSPS) is 14.5. The van der Waals surface area contributed by atoms with Gasteiger partial charge in [-0.15, -0.1) is 0 Å². The van der Waals surface area contributed by atoms with E-state index < -0.39 is 24.5 Å². The molecule has 0 aliphatic carbocycles. The molecule has 1 unspecified atom stereocenters. The molecular formula is C25H27N5O5. The molecular weight excluding hydrogens is 450 g/mol. The summed E-state index contributed by atoms with van der Waals surface area (Å²) in [6.45, 7) is 3.31. The molecule has 3 N–H and O–H groups in total. The molecule has 2 aromatic carbocycles. The summed E-state index contributed by atoms with van der Waals surface area (Å²) in [6.07, 6.45) is 0. The molecule has 2 heterocycles. The Morgan fingerprint density at radius 3 is 2.31 bits per heavy atom. The van der Waals surface area contributed by atoms with Gasteiger partial charge in [-0.25, -0.2) is 9.48 Å². The molecule has 35 heavy (non-hydrogen) atoms. The SMILES string of the molecule is Cc1cc(C(=O)N2CCN(c3cccc(C(=O)NC(CO)C(=O)O)c3)CC2)n(-c2ccccc2)n1. The summed E-state index contributed by atoms with van der Waals surface area (Å²) in [5.74, 6) is -1.97. The lowest BCUT2D eigenvalue weighted by atomic mass is 10.1. The zero-order chi connectivity index (χ0) is 24.9. The molecule has 10 heteroatoms. The molecule has 1 fully saturated rings. The van der Waals surface area contributed by atoms with Gasteiger partial charge in [0.05, 0.1) is 18.0 Å². The zero-order valence-corrected chi connectivity index (χ0v) is 19.3. The van der Waals surface area contributed by atoms with E-state index in [1.54, 1.807) is 33.8 Å². The fraction of sp³-hybridized carbons (Fsp3) is 0.280. The van der Waals surface area contributed by atoms with E-state index in [1.807, 2.05) is 43.3 Å². The van der Waals surface area contributed by atoms with Crippen molar-refractivity contribution in [1.82, 2.24) is 20.0 Å². The first-order valence-corrected chi connectivity index (χ1v) is 11.3. The highest BCUT2D eigenvalue weighted by Gasteiger charge is 2.26. The second kappa shape index (κ2) is 10.4. The lowest BCUT2D eigenvalue weighted by Gasteiger charge is -2.36. The van der Waals surface area contributed by atoms with Gasteiger partial charge in [-0.05, 0) is 43.3 Å². The summed E-state index contributed by atoms with van der Waals surface area (Å²) in [7, 11) is 0. The number of benzene rings is 2. The summed E-state index contributed by atoms with van der Waals surface area (Å²) in [6, 6.07) is 16.8. The summed E-state index contributed by atoms with van der Waals surface area (Å²) >= 11 is 0. The number of aliphatic hydroxyl groups is 1. The predicted octanol–water partition coefficient (Wildman–Crippen LogP) is 1.32. The van der Waals surface area contributed by atoms with E-state index >= 15 is 0 Å². The number of aliphatic hydroxyl groups excluding tert-OH is 1. The Kier molecular flexibility index (Phi) is 7.11. The number of nitrogens with one attached hydrogen (secondary N) is 1. The van der Waals surface area contributed by atoms with Gasteiger partial charge in [-0.3, -0.25) is 9.59 Å². The van der Waals surface area contributed by atoms with Crippen molar-refractivity contribution in [2.75, 3.05) is 37.7 Å². The number of aryl methyl sites for hydroxylation is 1. The van der Waals surface area contributed by atoms with E-state index in [9.17, 15) is 14.4 Å². The molecule has 3 aromatic rings. The van der Waals surface area contributed by atoms with Crippen LogP contribution >= 0.6 is 0 Å². The van der Waals surface area contributed by atoms with Crippen LogP contribution in [0.2, 0.25) is 0 Å². The summed E-state index contributed by atoms with van der Waals surface area (Å²) in [4.78, 5) is 40.7. The maximum Gasteiger partial charge on any atom is 0.328 e. The first kappa shape index (κ1) is 24.0. The van der Waals surface area contributed by atoms with Crippen molar-refractivity contribution in [3.05, 3.63) is 77.6 Å². The molecule has 1 aliphatic rings. The van der Waals surface area contributed by atoms with E-state index in [0.717, 1.165) is 17.1 Å². The van der Waals surface area contributed by atoms with E-state index in [1.165, 1.54) is 0 Å². The summed E-state index contributed by atoms with van der Waals surface area (Å²) < 4.78 is 1.67. The van der Waals surface area contributed by atoms with Crippen LogP contribution in [0.25, 0.3) is 5.69 Å². The number of hydrogen-bond donors (Lipinski definition) is 3. The van der Waals surface area contributed by atoms with Crippen molar-refractivity contribution in [2.24, 2.45) is 0 Å². The fourth-order valence-corrected chi connectivity index (χ4v) is 4.02. The first-order chi connectivity index (χ1) is 16.9. The molecule has 10 nitrogen and oxygen atoms in total. The van der Waals surface area contributed by atoms with Crippen molar-refractivity contribution in [3.63, 3.8) is 0 Å². The first-order valence-electron chi connectivity index (χ1n) is 11.3. The molecule has 182 valence electrons. The Morgan fingerprint density at radius 1 is 0.971 bits per heavy atom. The third-order valence-corrected chi connectivity index (χ3v) is 5.88. The smallest absolute Gasteiger partial charge is 0.328 e. The minimum absolute atomic E-state index is 0.0917. The number of aliphatic carboxylic acids is 1. The van der Waals surface area contributed by atoms with Crippen molar-refractivity contribution in [2.45, 2.75) is 13.0 Å². The van der Waals surface area contributed by atoms with Crippen LogP contribution in [0.1, 0.15) is 26.5 Å². The second-order valence-electron chi connectivity index (χ2n) is 8.29. The van der Waals surface area contributed by atoms with Crippen LogP contribution in [0.15, 0.2) is 60.7 Å². The van der Waals surface area contributed by atoms with Crippen molar-refractivity contribution < 1.29 is 24.6 Å². The Bertz CT molecular complexity index is 1220. The van der Waals surface area contributed by atoms with Crippen LogP contribution < -0.4 is 10.2 Å². The number of aromatic nitrogens is 2. The molecule has 4 rings (SSSR count). The van der Waals surface area contributed by atoms with Crippen molar-refractivity contribution >= 4 is 23.5 Å². The number of carbonyl (C=O) groups excluding carboxylic acids is 2. The van der Waals surface area contributed by atoms with Gasteiger partial charge in [0.25, 0.3) is 11.8 Å². The van der Waals surface area contributed by atoms with E-state index in [4.69, 9.17) is 10.2 Å². The quantitative estimate of drug-likeness (QED) is 0.468. The van der Waals surface area contributed by atoms with Crippen LogP contribution in [0.4, 0.5) is 5.69 Å². The molecule has 2 amide bonds. The number of amides is 2. The molecule has 1 aliphatic heterocycles. The van der Waals surface area contributed by atoms with Gasteiger partial charge in [0, 0.05) is 37.4 Å². The van der Waals surface area contributed by atoms with E-state index in [2.05, 4.69) is 15.3 Å². The molecule has 0 saturated carbocycles. The Balaban J connectivity index is 1.43. The standard InChI is InChI=1S/C25H27N5O5/c1-17-14-22(30(27-17)19-7-3-2-4-8-19)24(33)29-12-10-28(11-13-29)20-9-5-6-18(15-20)23(32)26-21(16-31)25(34)35/h2-9,14-15,21,31H,10-13,16H2,1H3,(H,26,32)(H,34,35). The molecule has 0 radical (unpaired) electrons. The van der Waals surface area contributed by atoms with Crippen molar-refractivity contribution in [1.29, 1.82) is 0 Å². The number of hydrogen-bond acceptors (Lipinski definition) is 6. The third-order valence-electron chi connectivity index (χ3n) is 5.88. The Morgan fingerprint density at radius 2 is 1.66 bits per heavy atom. The highest BCUT2D eigenvalue weighted by molar-refractivity contribution is 5.97. The average molecular weight is 478 g/mol. The zero-order valence-electron chi connectivity index (χ0n) is 19.3. The lowest BCUT2D eigenvalue weighted by molar-refractivity contribution is -0.140. The monoisotopic (exact) mass is 477 g/mol. The number of carbonyl (C=O) groups is 3. The van der Waals surface area contributed by atoms with Gasteiger partial charge in [0.2, 0.25) is 0 Å². The van der Waals surface area contributed by atoms with Crippen LogP contribution in [-0.2, 0) is 4.79 Å². The largest absolute Gasteiger partial charge is 0.480 e. The number of rotatable bonds is 7. The van der Waals surface area contributed by atoms with Crippen LogP contribution in [0.5, 0.6) is 0 Å². The highest BCUT2D eigenvalue weighted by atomic mass is 16.4. The number of piperazine rings is 1. The second-order valence-corrected chi connectivity index (χ2v) is 8.29.